The Bertz CT molecular complexity index is 1700. The molecule has 45 heavy (non-hydrogen) atoms. The smallest absolute Gasteiger partial charge is 0.318 e. The second kappa shape index (κ2) is 12.0. The van der Waals surface area contributed by atoms with Crippen molar-refractivity contribution in [1.29, 1.82) is 0 Å². The van der Waals surface area contributed by atoms with Gasteiger partial charge in [0, 0.05) is 44.5 Å². The van der Waals surface area contributed by atoms with Gasteiger partial charge in [-0.15, -0.1) is 5.10 Å². The number of piperidine rings is 1. The quantitative estimate of drug-likeness (QED) is 0.262. The van der Waals surface area contributed by atoms with Gasteiger partial charge < -0.3 is 30.3 Å². The molecule has 1 aromatic carbocycles. The lowest BCUT2D eigenvalue weighted by Crippen LogP contribution is -2.52. The molecular formula is C33H40N8O4. The minimum atomic E-state index is -1.47. The van der Waals surface area contributed by atoms with Crippen molar-refractivity contribution in [3.8, 4) is 5.75 Å². The average molecular weight is 613 g/mol. The Morgan fingerprint density at radius 2 is 1.96 bits per heavy atom. The van der Waals surface area contributed by atoms with Gasteiger partial charge in [-0.05, 0) is 56.0 Å². The third kappa shape index (κ3) is 6.28. The van der Waals surface area contributed by atoms with Gasteiger partial charge in [-0.1, -0.05) is 37.3 Å². The Hall–Kier alpha value is -4.71. The van der Waals surface area contributed by atoms with Gasteiger partial charge in [-0.2, -0.15) is 0 Å². The number of β-amino-alcohol motifs (C(OH)–C–C–N with tert-alkyl or cyclic N) is 1. The first-order chi connectivity index (χ1) is 21.6. The van der Waals surface area contributed by atoms with Gasteiger partial charge >= 0.3 is 6.03 Å². The number of anilines is 1. The van der Waals surface area contributed by atoms with Gasteiger partial charge in [-0.3, -0.25) is 9.78 Å². The highest BCUT2D eigenvalue weighted by molar-refractivity contribution is 5.92. The molecule has 2 aliphatic heterocycles. The van der Waals surface area contributed by atoms with Crippen LogP contribution in [0.4, 0.5) is 10.5 Å². The molecule has 2 aliphatic rings. The summed E-state index contributed by atoms with van der Waals surface area (Å²) in [5, 5.41) is 22.0. The molecule has 236 valence electrons. The van der Waals surface area contributed by atoms with E-state index in [9.17, 15) is 14.7 Å². The van der Waals surface area contributed by atoms with E-state index in [0.717, 1.165) is 24.1 Å². The molecule has 3 N–H and O–H groups in total. The van der Waals surface area contributed by atoms with Crippen LogP contribution in [0, 0.1) is 6.92 Å². The molecular weight excluding hydrogens is 572 g/mol. The number of carbonyl (C=O) groups is 2. The largest absolute Gasteiger partial charge is 0.491 e. The van der Waals surface area contributed by atoms with Crippen molar-refractivity contribution in [2.75, 3.05) is 44.7 Å². The Balaban J connectivity index is 1.10. The van der Waals surface area contributed by atoms with Gasteiger partial charge in [0.25, 0.3) is 5.91 Å². The highest BCUT2D eigenvalue weighted by atomic mass is 16.5. The number of pyridine rings is 2. The molecule has 12 heteroatoms. The lowest BCUT2D eigenvalue weighted by Gasteiger charge is -2.40. The monoisotopic (exact) mass is 612 g/mol. The van der Waals surface area contributed by atoms with Crippen LogP contribution in [0.2, 0.25) is 0 Å². The number of amides is 3. The van der Waals surface area contributed by atoms with Crippen molar-refractivity contribution in [2.45, 2.75) is 50.7 Å². The van der Waals surface area contributed by atoms with Gasteiger partial charge in [0.05, 0.1) is 24.9 Å². The van der Waals surface area contributed by atoms with Crippen molar-refractivity contribution in [1.82, 2.24) is 35.1 Å². The molecule has 2 fully saturated rings. The van der Waals surface area contributed by atoms with Crippen LogP contribution in [0.1, 0.15) is 60.0 Å². The molecule has 4 aromatic rings. The zero-order chi connectivity index (χ0) is 31.8. The number of fused-ring (bicyclic) bond motifs is 1. The van der Waals surface area contributed by atoms with Crippen LogP contribution >= 0.6 is 0 Å². The maximum atomic E-state index is 13.1. The summed E-state index contributed by atoms with van der Waals surface area (Å²) in [5.74, 6) is 0.902. The molecule has 5 heterocycles. The number of nitrogens with zero attached hydrogens (tertiary/aromatic N) is 6. The van der Waals surface area contributed by atoms with E-state index in [2.05, 4.69) is 49.7 Å². The van der Waals surface area contributed by atoms with Crippen molar-refractivity contribution in [3.05, 3.63) is 83.6 Å². The van der Waals surface area contributed by atoms with Crippen LogP contribution in [-0.2, 0) is 5.60 Å². The predicted octanol–water partition coefficient (Wildman–Crippen LogP) is 3.25. The number of ether oxygens (including phenoxy) is 1. The summed E-state index contributed by atoms with van der Waals surface area (Å²) in [5.41, 5.74) is 2.13. The topological polar surface area (TPSA) is 137 Å². The molecule has 12 nitrogen and oxygen atoms in total. The Kier molecular flexibility index (Phi) is 8.08. The van der Waals surface area contributed by atoms with Crippen molar-refractivity contribution < 1.29 is 19.4 Å². The third-order valence-corrected chi connectivity index (χ3v) is 8.88. The minimum Gasteiger partial charge on any atom is -0.491 e. The number of hydrogen-bond acceptors (Lipinski definition) is 8. The van der Waals surface area contributed by atoms with Crippen LogP contribution in [0.3, 0.4) is 0 Å². The summed E-state index contributed by atoms with van der Waals surface area (Å²) >= 11 is 0. The van der Waals surface area contributed by atoms with Crippen LogP contribution in [0.25, 0.3) is 5.65 Å². The SMILES string of the molecule is CNC(=O)c1cc(N2CCC3(CC2)CN(CC(C)(O)c2nc4c(C)cc(OC[C@H](C)c5ccccc5)cn4n2)C(=O)N3)ccn1. The molecule has 2 atom stereocenters. The molecule has 0 saturated carbocycles. The van der Waals surface area contributed by atoms with Gasteiger partial charge in [0.2, 0.25) is 0 Å². The van der Waals surface area contributed by atoms with Crippen molar-refractivity contribution in [3.63, 3.8) is 0 Å². The lowest BCUT2D eigenvalue weighted by atomic mass is 9.88. The fourth-order valence-corrected chi connectivity index (χ4v) is 6.22. The number of aromatic nitrogens is 4. The van der Waals surface area contributed by atoms with Crippen molar-refractivity contribution >= 4 is 23.3 Å². The number of benzene rings is 1. The number of rotatable bonds is 9. The summed E-state index contributed by atoms with van der Waals surface area (Å²) in [6, 6.07) is 15.6. The molecule has 3 amide bonds. The zero-order valence-electron chi connectivity index (χ0n) is 26.2. The van der Waals surface area contributed by atoms with Crippen LogP contribution in [0.5, 0.6) is 5.75 Å². The summed E-state index contributed by atoms with van der Waals surface area (Å²) in [4.78, 5) is 37.8. The summed E-state index contributed by atoms with van der Waals surface area (Å²) in [7, 11) is 1.58. The fraction of sp³-hybridized carbons (Fsp3) is 0.424. The van der Waals surface area contributed by atoms with Crippen LogP contribution < -0.4 is 20.3 Å². The number of urea groups is 1. The van der Waals surface area contributed by atoms with E-state index >= 15 is 0 Å². The third-order valence-electron chi connectivity index (χ3n) is 8.88. The minimum absolute atomic E-state index is 0.0536. The molecule has 0 bridgehead atoms. The first kappa shape index (κ1) is 30.3. The molecule has 3 aromatic heterocycles. The molecule has 1 unspecified atom stereocenters. The van der Waals surface area contributed by atoms with E-state index in [1.807, 2.05) is 37.3 Å². The summed E-state index contributed by atoms with van der Waals surface area (Å²) in [6.07, 6.45) is 4.87. The van der Waals surface area contributed by atoms with E-state index in [-0.39, 0.29) is 30.2 Å². The molecule has 1 spiro atoms. The molecule has 6 rings (SSSR count). The first-order valence-corrected chi connectivity index (χ1v) is 15.3. The lowest BCUT2D eigenvalue weighted by molar-refractivity contribution is 0.0209. The van der Waals surface area contributed by atoms with E-state index < -0.39 is 11.1 Å². The predicted molar refractivity (Wildman–Crippen MR) is 170 cm³/mol. The van der Waals surface area contributed by atoms with Gasteiger partial charge in [0.1, 0.15) is 17.0 Å². The summed E-state index contributed by atoms with van der Waals surface area (Å²) < 4.78 is 7.75. The molecule has 2 saturated heterocycles. The number of carbonyl (C=O) groups excluding carboxylic acids is 2. The highest BCUT2D eigenvalue weighted by Gasteiger charge is 2.46. The van der Waals surface area contributed by atoms with E-state index in [1.54, 1.807) is 41.8 Å². The highest BCUT2D eigenvalue weighted by Crippen LogP contribution is 2.33. The average Bonchev–Trinajstić information content (AvgIpc) is 3.61. The molecule has 0 aliphatic carbocycles. The first-order valence-electron chi connectivity index (χ1n) is 15.3. The second-order valence-corrected chi connectivity index (χ2v) is 12.5. The maximum Gasteiger partial charge on any atom is 0.318 e. The summed E-state index contributed by atoms with van der Waals surface area (Å²) in [6.45, 7) is 8.16. The van der Waals surface area contributed by atoms with E-state index in [0.29, 0.717) is 43.3 Å². The second-order valence-electron chi connectivity index (χ2n) is 12.5. The maximum absolute atomic E-state index is 13.1. The zero-order valence-corrected chi connectivity index (χ0v) is 26.2. The van der Waals surface area contributed by atoms with Crippen molar-refractivity contribution in [2.24, 2.45) is 0 Å². The normalized spacial score (nSPS) is 18.1. The number of aliphatic hydroxyl groups is 1. The number of hydrogen-bond donors (Lipinski definition) is 3. The number of nitrogens with one attached hydrogen (secondary N) is 2. The molecule has 0 radical (unpaired) electrons. The van der Waals surface area contributed by atoms with Crippen LogP contribution in [-0.4, -0.2) is 86.9 Å². The van der Waals surface area contributed by atoms with Gasteiger partial charge in [0.15, 0.2) is 11.5 Å². The Morgan fingerprint density at radius 1 is 1.20 bits per heavy atom. The van der Waals surface area contributed by atoms with Crippen LogP contribution in [0.15, 0.2) is 60.9 Å². The number of aryl methyl sites for hydroxylation is 1. The fourth-order valence-electron chi connectivity index (χ4n) is 6.22. The van der Waals surface area contributed by atoms with E-state index in [4.69, 9.17) is 4.74 Å². The standard InChI is InChI=1S/C33H40N8O4/c1-22-16-26(45-19-23(2)24-8-6-5-7-9-24)18-41-28(22)36-30(38-41)32(3,44)20-40-21-33(37-31(40)43)11-14-39(15-12-33)25-10-13-35-27(17-25)29(42)34-4/h5-10,13,16-18,23,44H,11-12,14-15,19-21H2,1-4H3,(H,34,42)(H,37,43)/t23-,32?/m0/s1. The van der Waals surface area contributed by atoms with Gasteiger partial charge in [-0.25, -0.2) is 14.3 Å². The Morgan fingerprint density at radius 3 is 2.69 bits per heavy atom. The van der Waals surface area contributed by atoms with E-state index in [1.165, 1.54) is 5.56 Å². The Labute approximate surface area is 262 Å².